The van der Waals surface area contributed by atoms with Gasteiger partial charge in [-0.15, -0.1) is 21.5 Å². The number of thiophene rings is 1. The van der Waals surface area contributed by atoms with Crippen molar-refractivity contribution in [3.8, 4) is 16.5 Å². The molecule has 4 rings (SSSR count). The highest BCUT2D eigenvalue weighted by Crippen LogP contribution is 2.26. The molecule has 0 amide bonds. The first-order chi connectivity index (χ1) is 13.5. The maximum atomic E-state index is 12.0. The van der Waals surface area contributed by atoms with Crippen molar-refractivity contribution in [2.75, 3.05) is 18.6 Å². The van der Waals surface area contributed by atoms with Crippen molar-refractivity contribution < 1.29 is 17.6 Å². The zero-order valence-corrected chi connectivity index (χ0v) is 17.1. The number of ether oxygens (including phenoxy) is 1. The zero-order chi connectivity index (χ0) is 19.6. The van der Waals surface area contributed by atoms with Crippen LogP contribution in [-0.2, 0) is 22.9 Å². The summed E-state index contributed by atoms with van der Waals surface area (Å²) in [6.45, 7) is 1.01. The summed E-state index contributed by atoms with van der Waals surface area (Å²) in [6, 6.07) is 11.6. The van der Waals surface area contributed by atoms with Gasteiger partial charge in [-0.3, -0.25) is 4.90 Å². The molecule has 0 bridgehead atoms. The highest BCUT2D eigenvalue weighted by atomic mass is 32.2. The van der Waals surface area contributed by atoms with Crippen LogP contribution >= 0.6 is 11.3 Å². The molecule has 1 aromatic carbocycles. The molecule has 2 aromatic heterocycles. The van der Waals surface area contributed by atoms with Gasteiger partial charge in [-0.2, -0.15) is 0 Å². The van der Waals surface area contributed by atoms with E-state index in [0.717, 1.165) is 16.2 Å². The van der Waals surface area contributed by atoms with E-state index in [9.17, 15) is 8.42 Å². The monoisotopic (exact) mass is 419 g/mol. The van der Waals surface area contributed by atoms with Crippen LogP contribution in [0.2, 0.25) is 0 Å². The van der Waals surface area contributed by atoms with Gasteiger partial charge >= 0.3 is 0 Å². The molecule has 1 aliphatic heterocycles. The van der Waals surface area contributed by atoms with E-state index in [0.29, 0.717) is 31.3 Å². The molecule has 0 aliphatic carbocycles. The van der Waals surface area contributed by atoms with E-state index >= 15 is 0 Å². The standard InChI is InChI=1S/C19H21N3O4S2/c1-25-16-6-4-14(5-7-16)11-22(15-8-10-28(23,24)13-15)12-18-20-21-19(26-18)17-3-2-9-27-17/h2-7,9,15H,8,10-13H2,1H3. The van der Waals surface area contributed by atoms with Crippen molar-refractivity contribution in [1.29, 1.82) is 0 Å². The third-order valence-corrected chi connectivity index (χ3v) is 7.41. The lowest BCUT2D eigenvalue weighted by atomic mass is 10.1. The lowest BCUT2D eigenvalue weighted by molar-refractivity contribution is 0.176. The van der Waals surface area contributed by atoms with Gasteiger partial charge in [0.25, 0.3) is 5.89 Å². The fourth-order valence-corrected chi connectivity index (χ4v) is 5.74. The van der Waals surface area contributed by atoms with Gasteiger partial charge in [0, 0.05) is 12.6 Å². The Morgan fingerprint density at radius 1 is 1.21 bits per heavy atom. The Labute approximate surface area is 167 Å². The van der Waals surface area contributed by atoms with Gasteiger partial charge in [-0.1, -0.05) is 18.2 Å². The molecular weight excluding hydrogens is 398 g/mol. The Balaban J connectivity index is 1.54. The highest BCUT2D eigenvalue weighted by molar-refractivity contribution is 7.91. The minimum Gasteiger partial charge on any atom is -0.497 e. The van der Waals surface area contributed by atoms with Crippen molar-refractivity contribution in [3.63, 3.8) is 0 Å². The molecule has 1 unspecified atom stereocenters. The maximum absolute atomic E-state index is 12.0. The minimum absolute atomic E-state index is 0.0656. The van der Waals surface area contributed by atoms with Gasteiger partial charge in [0.1, 0.15) is 5.75 Å². The normalized spacial score (nSPS) is 18.6. The van der Waals surface area contributed by atoms with Crippen molar-refractivity contribution in [3.05, 3.63) is 53.2 Å². The topological polar surface area (TPSA) is 85.5 Å². The first kappa shape index (κ1) is 19.1. The summed E-state index contributed by atoms with van der Waals surface area (Å²) in [7, 11) is -1.36. The molecule has 0 saturated carbocycles. The van der Waals surface area contributed by atoms with Crippen LogP contribution in [0.3, 0.4) is 0 Å². The second kappa shape index (κ2) is 8.02. The summed E-state index contributed by atoms with van der Waals surface area (Å²) >= 11 is 1.54. The zero-order valence-electron chi connectivity index (χ0n) is 15.4. The minimum atomic E-state index is -2.99. The molecule has 28 heavy (non-hydrogen) atoms. The number of sulfone groups is 1. The SMILES string of the molecule is COc1ccc(CN(Cc2nnc(-c3cccs3)o2)C2CCS(=O)(=O)C2)cc1. The third kappa shape index (κ3) is 4.43. The molecule has 0 spiro atoms. The Morgan fingerprint density at radius 2 is 2.04 bits per heavy atom. The van der Waals surface area contributed by atoms with Crippen molar-refractivity contribution in [1.82, 2.24) is 15.1 Å². The van der Waals surface area contributed by atoms with E-state index in [1.54, 1.807) is 7.11 Å². The molecule has 0 radical (unpaired) electrons. The van der Waals surface area contributed by atoms with Crippen molar-refractivity contribution in [2.45, 2.75) is 25.6 Å². The first-order valence-electron chi connectivity index (χ1n) is 8.96. The number of benzene rings is 1. The van der Waals surface area contributed by atoms with E-state index < -0.39 is 9.84 Å². The molecule has 3 heterocycles. The molecular formula is C19H21N3O4S2. The average Bonchev–Trinajstić information content (AvgIpc) is 3.42. The van der Waals surface area contributed by atoms with Gasteiger partial charge in [-0.05, 0) is 35.6 Å². The summed E-state index contributed by atoms with van der Waals surface area (Å²) < 4.78 is 35.0. The molecule has 1 atom stereocenters. The largest absolute Gasteiger partial charge is 0.497 e. The van der Waals surface area contributed by atoms with Crippen LogP contribution < -0.4 is 4.74 Å². The summed E-state index contributed by atoms with van der Waals surface area (Å²) in [5, 5.41) is 10.3. The second-order valence-corrected chi connectivity index (χ2v) is 9.96. The van der Waals surface area contributed by atoms with Crippen LogP contribution in [0.5, 0.6) is 5.75 Å². The smallest absolute Gasteiger partial charge is 0.257 e. The van der Waals surface area contributed by atoms with Gasteiger partial charge in [-0.25, -0.2) is 8.42 Å². The molecule has 148 valence electrons. The van der Waals surface area contributed by atoms with Crippen molar-refractivity contribution >= 4 is 21.2 Å². The van der Waals surface area contributed by atoms with Crippen LogP contribution in [0.4, 0.5) is 0 Å². The maximum Gasteiger partial charge on any atom is 0.257 e. The Morgan fingerprint density at radius 3 is 2.68 bits per heavy atom. The van der Waals surface area contributed by atoms with E-state index in [1.165, 1.54) is 11.3 Å². The molecule has 1 saturated heterocycles. The number of rotatable bonds is 7. The Bertz CT molecular complexity index is 1010. The third-order valence-electron chi connectivity index (χ3n) is 4.81. The molecule has 0 N–H and O–H groups in total. The van der Waals surface area contributed by atoms with E-state index in [4.69, 9.17) is 9.15 Å². The number of aromatic nitrogens is 2. The lowest BCUT2D eigenvalue weighted by Crippen LogP contribution is -2.35. The van der Waals surface area contributed by atoms with E-state index in [1.807, 2.05) is 41.8 Å². The summed E-state index contributed by atoms with van der Waals surface area (Å²) in [5.74, 6) is 2.15. The Hall–Kier alpha value is -2.23. The molecule has 7 nitrogen and oxygen atoms in total. The summed E-state index contributed by atoms with van der Waals surface area (Å²) in [6.07, 6.45) is 0.615. The van der Waals surface area contributed by atoms with Crippen LogP contribution in [-0.4, -0.2) is 48.2 Å². The predicted octanol–water partition coefficient (Wildman–Crippen LogP) is 3.00. The van der Waals surface area contributed by atoms with E-state index in [2.05, 4.69) is 15.1 Å². The molecule has 9 heteroatoms. The quantitative estimate of drug-likeness (QED) is 0.582. The summed E-state index contributed by atoms with van der Waals surface area (Å²) in [5.41, 5.74) is 1.07. The average molecular weight is 420 g/mol. The molecule has 1 aliphatic rings. The van der Waals surface area contributed by atoms with Crippen molar-refractivity contribution in [2.24, 2.45) is 0 Å². The molecule has 1 fully saturated rings. The highest BCUT2D eigenvalue weighted by Gasteiger charge is 2.33. The fraction of sp³-hybridized carbons (Fsp3) is 0.368. The van der Waals surface area contributed by atoms with Gasteiger partial charge in [0.2, 0.25) is 5.89 Å². The second-order valence-electron chi connectivity index (χ2n) is 6.79. The Kier molecular flexibility index (Phi) is 5.47. The van der Waals surface area contributed by atoms with E-state index in [-0.39, 0.29) is 17.5 Å². The van der Waals surface area contributed by atoms with Crippen LogP contribution in [0.15, 0.2) is 46.2 Å². The van der Waals surface area contributed by atoms with Gasteiger partial charge < -0.3 is 9.15 Å². The number of methoxy groups -OCH3 is 1. The van der Waals surface area contributed by atoms with Crippen LogP contribution in [0.25, 0.3) is 10.8 Å². The van der Waals surface area contributed by atoms with Gasteiger partial charge in [0.15, 0.2) is 9.84 Å². The van der Waals surface area contributed by atoms with Gasteiger partial charge in [0.05, 0.1) is 30.0 Å². The van der Waals surface area contributed by atoms with Crippen LogP contribution in [0.1, 0.15) is 17.9 Å². The lowest BCUT2D eigenvalue weighted by Gasteiger charge is -2.26. The predicted molar refractivity (Wildman–Crippen MR) is 107 cm³/mol. The molecule has 3 aromatic rings. The summed E-state index contributed by atoms with van der Waals surface area (Å²) in [4.78, 5) is 3.03. The van der Waals surface area contributed by atoms with Crippen LogP contribution in [0, 0.1) is 0 Å². The first-order valence-corrected chi connectivity index (χ1v) is 11.7. The number of hydrogen-bond acceptors (Lipinski definition) is 8. The fourth-order valence-electron chi connectivity index (χ4n) is 3.33. The number of nitrogens with zero attached hydrogens (tertiary/aromatic N) is 3. The number of hydrogen-bond donors (Lipinski definition) is 0.